The van der Waals surface area contributed by atoms with E-state index in [0.717, 1.165) is 32.8 Å². The van der Waals surface area contributed by atoms with Crippen LogP contribution in [0.3, 0.4) is 0 Å². The Morgan fingerprint density at radius 1 is 1.47 bits per heavy atom. The zero-order valence-electron chi connectivity index (χ0n) is 12.5. The molecule has 0 aliphatic carbocycles. The Morgan fingerprint density at radius 2 is 2.37 bits per heavy atom. The maximum atomic E-state index is 6.12. The van der Waals surface area contributed by atoms with Crippen molar-refractivity contribution in [3.8, 4) is 0 Å². The lowest BCUT2D eigenvalue weighted by atomic mass is 9.81. The summed E-state index contributed by atoms with van der Waals surface area (Å²) in [6.45, 7) is 8.05. The fraction of sp³-hybridized carbons (Fsp3) is 1.00. The standard InChI is InChI=1S/C15H29NO2S/c1-3-7-17-11-14(16-4-2)13-5-8-18-15(10-13)6-9-19-12-15/h13-14,16H,3-12H2,1-2H3. The van der Waals surface area contributed by atoms with Gasteiger partial charge in [0.1, 0.15) is 0 Å². The lowest BCUT2D eigenvalue weighted by molar-refractivity contribution is -0.0894. The molecule has 1 spiro atoms. The van der Waals surface area contributed by atoms with E-state index in [1.807, 2.05) is 0 Å². The van der Waals surface area contributed by atoms with Gasteiger partial charge in [0.15, 0.2) is 0 Å². The number of hydrogen-bond donors (Lipinski definition) is 1. The molecule has 3 unspecified atom stereocenters. The molecule has 0 aromatic heterocycles. The molecule has 112 valence electrons. The van der Waals surface area contributed by atoms with Crippen molar-refractivity contribution in [2.75, 3.05) is 37.9 Å². The first-order valence-electron chi connectivity index (χ1n) is 7.82. The van der Waals surface area contributed by atoms with Gasteiger partial charge in [-0.25, -0.2) is 0 Å². The fourth-order valence-corrected chi connectivity index (χ4v) is 4.63. The highest BCUT2D eigenvalue weighted by molar-refractivity contribution is 7.99. The van der Waals surface area contributed by atoms with Crippen LogP contribution >= 0.6 is 11.8 Å². The molecular weight excluding hydrogens is 258 g/mol. The molecule has 1 N–H and O–H groups in total. The van der Waals surface area contributed by atoms with E-state index in [4.69, 9.17) is 9.47 Å². The van der Waals surface area contributed by atoms with Crippen molar-refractivity contribution in [1.82, 2.24) is 5.32 Å². The maximum Gasteiger partial charge on any atom is 0.0783 e. The van der Waals surface area contributed by atoms with Crippen molar-refractivity contribution >= 4 is 11.8 Å². The van der Waals surface area contributed by atoms with Gasteiger partial charge in [-0.3, -0.25) is 0 Å². The van der Waals surface area contributed by atoms with E-state index in [9.17, 15) is 0 Å². The molecule has 0 aromatic rings. The van der Waals surface area contributed by atoms with Gasteiger partial charge in [-0.2, -0.15) is 11.8 Å². The topological polar surface area (TPSA) is 30.5 Å². The van der Waals surface area contributed by atoms with Gasteiger partial charge in [-0.15, -0.1) is 0 Å². The predicted octanol–water partition coefficient (Wildman–Crippen LogP) is 2.69. The highest BCUT2D eigenvalue weighted by atomic mass is 32.2. The molecule has 3 atom stereocenters. The molecule has 0 bridgehead atoms. The highest BCUT2D eigenvalue weighted by Crippen LogP contribution is 2.41. The van der Waals surface area contributed by atoms with Crippen LogP contribution in [0.25, 0.3) is 0 Å². The van der Waals surface area contributed by atoms with Crippen molar-refractivity contribution < 1.29 is 9.47 Å². The highest BCUT2D eigenvalue weighted by Gasteiger charge is 2.42. The zero-order chi connectivity index (χ0) is 13.6. The fourth-order valence-electron chi connectivity index (χ4n) is 3.25. The Hall–Kier alpha value is 0.230. The minimum absolute atomic E-state index is 0.187. The van der Waals surface area contributed by atoms with E-state index in [-0.39, 0.29) is 5.60 Å². The van der Waals surface area contributed by atoms with Gasteiger partial charge in [0.25, 0.3) is 0 Å². The summed E-state index contributed by atoms with van der Waals surface area (Å²) in [6.07, 6.45) is 4.74. The molecule has 2 heterocycles. The lowest BCUT2D eigenvalue weighted by Crippen LogP contribution is -2.48. The van der Waals surface area contributed by atoms with E-state index in [2.05, 4.69) is 30.9 Å². The molecule has 2 fully saturated rings. The van der Waals surface area contributed by atoms with Crippen molar-refractivity contribution in [2.24, 2.45) is 5.92 Å². The van der Waals surface area contributed by atoms with Crippen molar-refractivity contribution in [3.05, 3.63) is 0 Å². The van der Waals surface area contributed by atoms with Crippen LogP contribution in [0.2, 0.25) is 0 Å². The van der Waals surface area contributed by atoms with Gasteiger partial charge < -0.3 is 14.8 Å². The van der Waals surface area contributed by atoms with E-state index in [1.165, 1.54) is 30.8 Å². The Kier molecular flexibility index (Phi) is 6.46. The number of thioether (sulfide) groups is 1. The molecule has 4 heteroatoms. The average Bonchev–Trinajstić information content (AvgIpc) is 2.86. The minimum Gasteiger partial charge on any atom is -0.380 e. The maximum absolute atomic E-state index is 6.12. The summed E-state index contributed by atoms with van der Waals surface area (Å²) in [5.74, 6) is 3.17. The summed E-state index contributed by atoms with van der Waals surface area (Å²) in [7, 11) is 0. The third kappa shape index (κ3) is 4.35. The summed E-state index contributed by atoms with van der Waals surface area (Å²) >= 11 is 2.05. The summed E-state index contributed by atoms with van der Waals surface area (Å²) in [6, 6.07) is 0.503. The second-order valence-electron chi connectivity index (χ2n) is 5.83. The first kappa shape index (κ1) is 15.6. The van der Waals surface area contributed by atoms with Gasteiger partial charge in [-0.1, -0.05) is 13.8 Å². The first-order chi connectivity index (χ1) is 9.29. The van der Waals surface area contributed by atoms with Crippen LogP contribution in [0, 0.1) is 5.92 Å². The second kappa shape index (κ2) is 7.87. The van der Waals surface area contributed by atoms with Crippen molar-refractivity contribution in [2.45, 2.75) is 51.2 Å². The van der Waals surface area contributed by atoms with Gasteiger partial charge in [0.05, 0.1) is 12.2 Å². The Morgan fingerprint density at radius 3 is 3.05 bits per heavy atom. The van der Waals surface area contributed by atoms with Gasteiger partial charge in [0.2, 0.25) is 0 Å². The van der Waals surface area contributed by atoms with Gasteiger partial charge >= 0.3 is 0 Å². The van der Waals surface area contributed by atoms with Gasteiger partial charge in [0, 0.05) is 25.0 Å². The van der Waals surface area contributed by atoms with Crippen LogP contribution in [0.15, 0.2) is 0 Å². The SMILES string of the molecule is CCCOCC(NCC)C1CCOC2(CCSC2)C1. The Bertz CT molecular complexity index is 257. The summed E-state index contributed by atoms with van der Waals surface area (Å²) < 4.78 is 11.9. The number of likely N-dealkylation sites (N-methyl/N-ethyl adjacent to an activating group) is 1. The molecule has 2 aliphatic rings. The molecule has 19 heavy (non-hydrogen) atoms. The minimum atomic E-state index is 0.187. The summed E-state index contributed by atoms with van der Waals surface area (Å²) in [5, 5.41) is 3.63. The largest absolute Gasteiger partial charge is 0.380 e. The molecule has 3 nitrogen and oxygen atoms in total. The molecule has 0 saturated carbocycles. The summed E-state index contributed by atoms with van der Waals surface area (Å²) in [5.41, 5.74) is 0.187. The molecule has 0 radical (unpaired) electrons. The smallest absolute Gasteiger partial charge is 0.0783 e. The molecule has 0 aromatic carbocycles. The molecule has 2 saturated heterocycles. The molecule has 2 rings (SSSR count). The molecule has 2 aliphatic heterocycles. The first-order valence-corrected chi connectivity index (χ1v) is 8.98. The normalized spacial score (nSPS) is 32.8. The van der Waals surface area contributed by atoms with Crippen LogP contribution in [0.5, 0.6) is 0 Å². The number of ether oxygens (including phenoxy) is 2. The summed E-state index contributed by atoms with van der Waals surface area (Å²) in [4.78, 5) is 0. The number of hydrogen-bond acceptors (Lipinski definition) is 4. The van der Waals surface area contributed by atoms with E-state index < -0.39 is 0 Å². The third-order valence-corrected chi connectivity index (χ3v) is 5.50. The Labute approximate surface area is 122 Å². The average molecular weight is 287 g/mol. The Balaban J connectivity index is 1.88. The second-order valence-corrected chi connectivity index (χ2v) is 6.93. The van der Waals surface area contributed by atoms with Crippen LogP contribution in [-0.4, -0.2) is 49.5 Å². The van der Waals surface area contributed by atoms with Crippen LogP contribution in [-0.2, 0) is 9.47 Å². The van der Waals surface area contributed by atoms with E-state index in [0.29, 0.717) is 12.0 Å². The van der Waals surface area contributed by atoms with Crippen molar-refractivity contribution in [1.29, 1.82) is 0 Å². The van der Waals surface area contributed by atoms with Crippen molar-refractivity contribution in [3.63, 3.8) is 0 Å². The van der Waals surface area contributed by atoms with Crippen LogP contribution in [0.1, 0.15) is 39.5 Å². The number of rotatable bonds is 7. The molecular formula is C15H29NO2S. The molecule has 0 amide bonds. The van der Waals surface area contributed by atoms with Gasteiger partial charge in [-0.05, 0) is 43.9 Å². The monoisotopic (exact) mass is 287 g/mol. The van der Waals surface area contributed by atoms with E-state index in [1.54, 1.807) is 0 Å². The lowest BCUT2D eigenvalue weighted by Gasteiger charge is -2.41. The predicted molar refractivity (Wildman–Crippen MR) is 81.9 cm³/mol. The van der Waals surface area contributed by atoms with Crippen LogP contribution in [0.4, 0.5) is 0 Å². The third-order valence-electron chi connectivity index (χ3n) is 4.28. The van der Waals surface area contributed by atoms with E-state index >= 15 is 0 Å². The zero-order valence-corrected chi connectivity index (χ0v) is 13.3. The van der Waals surface area contributed by atoms with Crippen LogP contribution < -0.4 is 5.32 Å². The number of nitrogens with one attached hydrogen (secondary N) is 1. The quantitative estimate of drug-likeness (QED) is 0.729.